The molecule has 0 aliphatic carbocycles. The third-order valence-corrected chi connectivity index (χ3v) is 3.21. The number of aliphatic hydroxyl groups is 1. The average Bonchev–Trinajstić information content (AvgIpc) is 2.38. The van der Waals surface area contributed by atoms with E-state index in [-0.39, 0.29) is 0 Å². The number of aliphatic hydroxyl groups excluding tert-OH is 1. The smallest absolute Gasteiger partial charge is 0.379 e. The molecular formula is C13H9BrF3NO2. The van der Waals surface area contributed by atoms with Gasteiger partial charge in [-0.05, 0) is 36.4 Å². The molecule has 3 nitrogen and oxygen atoms in total. The Bertz CT molecular complexity index is 665. The Morgan fingerprint density at radius 1 is 1.15 bits per heavy atom. The first-order valence-electron chi connectivity index (χ1n) is 5.53. The van der Waals surface area contributed by atoms with Crippen LogP contribution in [0.15, 0.2) is 51.9 Å². The Hall–Kier alpha value is -1.60. The van der Waals surface area contributed by atoms with Crippen LogP contribution in [-0.4, -0.2) is 15.8 Å². The minimum absolute atomic E-state index is 0.412. The van der Waals surface area contributed by atoms with Crippen molar-refractivity contribution in [3.05, 3.63) is 63.0 Å². The van der Waals surface area contributed by atoms with Crippen LogP contribution in [0.4, 0.5) is 13.2 Å². The van der Waals surface area contributed by atoms with Crippen molar-refractivity contribution in [2.75, 3.05) is 0 Å². The topological polar surface area (TPSA) is 42.2 Å². The maximum atomic E-state index is 12.5. The second-order valence-electron chi connectivity index (χ2n) is 4.06. The fourth-order valence-corrected chi connectivity index (χ4v) is 1.96. The highest BCUT2D eigenvalue weighted by Gasteiger charge is 2.41. The van der Waals surface area contributed by atoms with Gasteiger partial charge in [-0.1, -0.05) is 15.9 Å². The largest absolute Gasteiger partial charge is 0.418 e. The van der Waals surface area contributed by atoms with E-state index in [4.69, 9.17) is 0 Å². The number of aromatic nitrogens is 1. The van der Waals surface area contributed by atoms with Crippen LogP contribution in [-0.2, 0) is 0 Å². The van der Waals surface area contributed by atoms with E-state index in [0.29, 0.717) is 5.69 Å². The molecular weight excluding hydrogens is 339 g/mol. The molecule has 0 spiro atoms. The summed E-state index contributed by atoms with van der Waals surface area (Å²) in [5.41, 5.74) is -1.20. The van der Waals surface area contributed by atoms with Gasteiger partial charge in [0.2, 0.25) is 0 Å². The number of hydrogen-bond donors (Lipinski definition) is 1. The summed E-state index contributed by atoms with van der Waals surface area (Å²) in [5, 5.41) is 9.21. The molecule has 106 valence electrons. The number of nitrogens with zero attached hydrogens (tertiary/aromatic N) is 1. The molecule has 2 rings (SSSR count). The lowest BCUT2D eigenvalue weighted by molar-refractivity contribution is -0.207. The van der Waals surface area contributed by atoms with Crippen LogP contribution < -0.4 is 5.56 Å². The van der Waals surface area contributed by atoms with Crippen molar-refractivity contribution in [3.63, 3.8) is 0 Å². The third kappa shape index (κ3) is 2.94. The van der Waals surface area contributed by atoms with E-state index in [2.05, 4.69) is 15.9 Å². The first kappa shape index (κ1) is 14.8. The molecule has 1 N–H and O–H groups in total. The van der Waals surface area contributed by atoms with Gasteiger partial charge in [0.1, 0.15) is 0 Å². The van der Waals surface area contributed by atoms with Crippen LogP contribution in [0.5, 0.6) is 0 Å². The standard InChI is InChI=1S/C13H9BrF3NO2/c14-8-3-5-9(6-4-8)18-7-1-2-10(12(18)20)11(19)13(15,16)17/h1-7,11,19H. The van der Waals surface area contributed by atoms with Crippen LogP contribution in [0, 0.1) is 0 Å². The van der Waals surface area contributed by atoms with Crippen molar-refractivity contribution in [2.24, 2.45) is 0 Å². The summed E-state index contributed by atoms with van der Waals surface area (Å²) >= 11 is 3.22. The molecule has 1 atom stereocenters. The lowest BCUT2D eigenvalue weighted by atomic mass is 10.1. The Balaban J connectivity index is 2.53. The molecule has 0 amide bonds. The Labute approximate surface area is 120 Å². The molecule has 1 heterocycles. The number of benzene rings is 1. The van der Waals surface area contributed by atoms with Gasteiger partial charge in [0.25, 0.3) is 5.56 Å². The summed E-state index contributed by atoms with van der Waals surface area (Å²) < 4.78 is 39.3. The van der Waals surface area contributed by atoms with Crippen molar-refractivity contribution in [2.45, 2.75) is 12.3 Å². The Kier molecular flexibility index (Phi) is 4.01. The first-order valence-corrected chi connectivity index (χ1v) is 6.32. The molecule has 0 aliphatic heterocycles. The molecule has 1 aromatic heterocycles. The van der Waals surface area contributed by atoms with Gasteiger partial charge in [0.15, 0.2) is 6.10 Å². The molecule has 2 aromatic rings. The van der Waals surface area contributed by atoms with Crippen LogP contribution in [0.25, 0.3) is 5.69 Å². The summed E-state index contributed by atoms with van der Waals surface area (Å²) in [7, 11) is 0. The molecule has 1 aromatic carbocycles. The minimum Gasteiger partial charge on any atom is -0.379 e. The fraction of sp³-hybridized carbons (Fsp3) is 0.154. The second-order valence-corrected chi connectivity index (χ2v) is 4.97. The van der Waals surface area contributed by atoms with Crippen LogP contribution in [0.2, 0.25) is 0 Å². The van der Waals surface area contributed by atoms with Crippen molar-refractivity contribution < 1.29 is 18.3 Å². The summed E-state index contributed by atoms with van der Waals surface area (Å²) in [6.07, 6.45) is -6.33. The molecule has 0 radical (unpaired) electrons. The maximum Gasteiger partial charge on any atom is 0.418 e. The summed E-state index contributed by atoms with van der Waals surface area (Å²) in [5.74, 6) is 0. The van der Waals surface area contributed by atoms with E-state index in [9.17, 15) is 23.1 Å². The van der Waals surface area contributed by atoms with Crippen molar-refractivity contribution >= 4 is 15.9 Å². The average molecular weight is 348 g/mol. The van der Waals surface area contributed by atoms with Crippen LogP contribution in [0.3, 0.4) is 0 Å². The van der Waals surface area contributed by atoms with E-state index < -0.39 is 23.4 Å². The van der Waals surface area contributed by atoms with E-state index >= 15 is 0 Å². The van der Waals surface area contributed by atoms with Gasteiger partial charge in [-0.3, -0.25) is 9.36 Å². The molecule has 0 saturated heterocycles. The van der Waals surface area contributed by atoms with Gasteiger partial charge in [0, 0.05) is 16.4 Å². The van der Waals surface area contributed by atoms with E-state index in [1.807, 2.05) is 0 Å². The van der Waals surface area contributed by atoms with Gasteiger partial charge < -0.3 is 5.11 Å². The lowest BCUT2D eigenvalue weighted by Crippen LogP contribution is -2.30. The zero-order chi connectivity index (χ0) is 14.9. The molecule has 0 aliphatic rings. The quantitative estimate of drug-likeness (QED) is 0.906. The van der Waals surface area contributed by atoms with Crippen molar-refractivity contribution in [1.82, 2.24) is 4.57 Å². The maximum absolute atomic E-state index is 12.5. The summed E-state index contributed by atoms with van der Waals surface area (Å²) in [4.78, 5) is 12.0. The SMILES string of the molecule is O=c1c(C(O)C(F)(F)F)cccn1-c1ccc(Br)cc1. The van der Waals surface area contributed by atoms with Crippen LogP contribution in [0.1, 0.15) is 11.7 Å². The summed E-state index contributed by atoms with van der Waals surface area (Å²) in [6.45, 7) is 0. The van der Waals surface area contributed by atoms with Gasteiger partial charge in [-0.2, -0.15) is 13.2 Å². The Morgan fingerprint density at radius 2 is 1.75 bits per heavy atom. The third-order valence-electron chi connectivity index (χ3n) is 2.69. The predicted molar refractivity (Wildman–Crippen MR) is 70.8 cm³/mol. The number of halogens is 4. The normalized spacial score (nSPS) is 13.2. The predicted octanol–water partition coefficient (Wildman–Crippen LogP) is 3.20. The van der Waals surface area contributed by atoms with Gasteiger partial charge in [-0.25, -0.2) is 0 Å². The van der Waals surface area contributed by atoms with Crippen molar-refractivity contribution in [1.29, 1.82) is 0 Å². The van der Waals surface area contributed by atoms with Crippen LogP contribution >= 0.6 is 15.9 Å². The zero-order valence-electron chi connectivity index (χ0n) is 9.93. The zero-order valence-corrected chi connectivity index (χ0v) is 11.5. The van der Waals surface area contributed by atoms with Crippen molar-refractivity contribution in [3.8, 4) is 5.69 Å². The Morgan fingerprint density at radius 3 is 2.30 bits per heavy atom. The molecule has 0 bridgehead atoms. The highest BCUT2D eigenvalue weighted by molar-refractivity contribution is 9.10. The molecule has 0 saturated carbocycles. The molecule has 20 heavy (non-hydrogen) atoms. The monoisotopic (exact) mass is 347 g/mol. The van der Waals surface area contributed by atoms with E-state index in [0.717, 1.165) is 15.1 Å². The number of alkyl halides is 3. The minimum atomic E-state index is -4.88. The highest BCUT2D eigenvalue weighted by Crippen LogP contribution is 2.30. The van der Waals surface area contributed by atoms with Gasteiger partial charge >= 0.3 is 6.18 Å². The number of rotatable bonds is 2. The van der Waals surface area contributed by atoms with E-state index in [1.165, 1.54) is 12.3 Å². The van der Waals surface area contributed by atoms with Gasteiger partial charge in [-0.15, -0.1) is 0 Å². The van der Waals surface area contributed by atoms with E-state index in [1.54, 1.807) is 24.3 Å². The summed E-state index contributed by atoms with van der Waals surface area (Å²) in [6, 6.07) is 8.73. The molecule has 1 unspecified atom stereocenters. The lowest BCUT2D eigenvalue weighted by Gasteiger charge is -2.15. The highest BCUT2D eigenvalue weighted by atomic mass is 79.9. The van der Waals surface area contributed by atoms with Gasteiger partial charge in [0.05, 0.1) is 5.56 Å². The number of pyridine rings is 1. The molecule has 7 heteroatoms. The number of hydrogen-bond acceptors (Lipinski definition) is 2. The molecule has 0 fully saturated rings. The first-order chi connectivity index (χ1) is 9.30. The fourth-order valence-electron chi connectivity index (χ4n) is 1.70. The second kappa shape index (κ2) is 5.41.